The molecule has 4 aromatic carbocycles. The van der Waals surface area contributed by atoms with Gasteiger partial charge in [0.05, 0.1) is 30.0 Å². The average Bonchev–Trinajstić information content (AvgIpc) is 3.13. The summed E-state index contributed by atoms with van der Waals surface area (Å²) in [4.78, 5) is 64.0. The van der Waals surface area contributed by atoms with Gasteiger partial charge >= 0.3 is 5.97 Å². The van der Waals surface area contributed by atoms with Crippen LogP contribution < -0.4 is 20.3 Å². The Balaban J connectivity index is 1.15. The van der Waals surface area contributed by atoms with Crippen molar-refractivity contribution in [2.75, 3.05) is 23.8 Å². The van der Waals surface area contributed by atoms with Gasteiger partial charge in [0.1, 0.15) is 28.7 Å². The number of anilines is 1. The third-order valence-corrected chi connectivity index (χ3v) is 9.15. The zero-order chi connectivity index (χ0) is 36.5. The molecule has 0 aromatic heterocycles. The monoisotopic (exact) mass is 712 g/mol. The molecule has 0 radical (unpaired) electrons. The Bertz CT molecular complexity index is 1950. The first-order valence-electron chi connectivity index (χ1n) is 15.5. The number of β-lactam (4-membered cyclic amide) rings is 1. The van der Waals surface area contributed by atoms with Gasteiger partial charge in [-0.1, -0.05) is 24.3 Å². The van der Waals surface area contributed by atoms with Gasteiger partial charge in [0.2, 0.25) is 11.8 Å². The SMILES string of the molecule is N#Cc1ccc(C[C@@H](NC(=O)CNC(=O)COc2ccc(C3C(SCC(=O)c4ccc(F)cc4)C(=O)N3c3ccc(F)cc3)cc2)C(=O)O)cc1. The summed E-state index contributed by atoms with van der Waals surface area (Å²) < 4.78 is 32.5. The summed E-state index contributed by atoms with van der Waals surface area (Å²) in [6.45, 7) is -0.941. The van der Waals surface area contributed by atoms with Crippen LogP contribution in [0.2, 0.25) is 0 Å². The molecule has 5 rings (SSSR count). The van der Waals surface area contributed by atoms with Gasteiger partial charge < -0.3 is 25.4 Å². The Labute approximate surface area is 295 Å². The predicted octanol–water partition coefficient (Wildman–Crippen LogP) is 4.22. The number of carbonyl (C=O) groups is 5. The molecular formula is C37H30F2N4O7S. The number of nitrogens with one attached hydrogen (secondary N) is 2. The van der Waals surface area contributed by atoms with Crippen molar-refractivity contribution in [2.45, 2.75) is 23.8 Å². The summed E-state index contributed by atoms with van der Waals surface area (Å²) in [5.41, 5.74) is 2.49. The summed E-state index contributed by atoms with van der Waals surface area (Å²) in [5, 5.41) is 22.5. The van der Waals surface area contributed by atoms with Crippen molar-refractivity contribution in [1.82, 2.24) is 10.6 Å². The lowest BCUT2D eigenvalue weighted by Gasteiger charge is -2.47. The van der Waals surface area contributed by atoms with Crippen molar-refractivity contribution >= 4 is 46.9 Å². The van der Waals surface area contributed by atoms with Crippen LogP contribution >= 0.6 is 11.8 Å². The Morgan fingerprint density at radius 3 is 2.12 bits per heavy atom. The van der Waals surface area contributed by atoms with Crippen molar-refractivity contribution in [1.29, 1.82) is 5.26 Å². The lowest BCUT2D eigenvalue weighted by molar-refractivity contribution is -0.141. The van der Waals surface area contributed by atoms with E-state index in [1.807, 2.05) is 6.07 Å². The van der Waals surface area contributed by atoms with Crippen LogP contribution in [0, 0.1) is 23.0 Å². The highest BCUT2D eigenvalue weighted by atomic mass is 32.2. The number of rotatable bonds is 15. The molecular weight excluding hydrogens is 682 g/mol. The first-order valence-corrected chi connectivity index (χ1v) is 16.6. The summed E-state index contributed by atoms with van der Waals surface area (Å²) in [6.07, 6.45) is -0.0237. The second-order valence-electron chi connectivity index (χ2n) is 11.4. The maximum atomic E-state index is 13.6. The molecule has 2 unspecified atom stereocenters. The van der Waals surface area contributed by atoms with Crippen LogP contribution in [0.3, 0.4) is 0 Å². The molecule has 260 valence electrons. The summed E-state index contributed by atoms with van der Waals surface area (Å²) in [7, 11) is 0. The summed E-state index contributed by atoms with van der Waals surface area (Å²) in [5.74, 6) is -3.81. The molecule has 0 aliphatic carbocycles. The van der Waals surface area contributed by atoms with E-state index >= 15 is 0 Å². The molecule has 3 N–H and O–H groups in total. The second kappa shape index (κ2) is 16.6. The molecule has 3 amide bonds. The van der Waals surface area contributed by atoms with Crippen molar-refractivity contribution in [3.05, 3.63) is 131 Å². The van der Waals surface area contributed by atoms with Gasteiger partial charge in [-0.05, 0) is 83.9 Å². The van der Waals surface area contributed by atoms with E-state index in [2.05, 4.69) is 10.6 Å². The van der Waals surface area contributed by atoms with Gasteiger partial charge in [-0.15, -0.1) is 11.8 Å². The van der Waals surface area contributed by atoms with Crippen LogP contribution in [0.15, 0.2) is 97.1 Å². The van der Waals surface area contributed by atoms with E-state index in [1.54, 1.807) is 48.5 Å². The normalized spacial score (nSPS) is 15.5. The Hall–Kier alpha value is -6.07. The highest BCUT2D eigenvalue weighted by Crippen LogP contribution is 2.45. The molecule has 1 heterocycles. The van der Waals surface area contributed by atoms with Crippen LogP contribution in [0.5, 0.6) is 5.75 Å². The number of ketones is 1. The second-order valence-corrected chi connectivity index (χ2v) is 12.5. The fraction of sp³-hybridized carbons (Fsp3) is 0.189. The topological polar surface area (TPSA) is 166 Å². The molecule has 4 aromatic rings. The molecule has 0 spiro atoms. The third-order valence-electron chi connectivity index (χ3n) is 7.90. The van der Waals surface area contributed by atoms with Crippen LogP contribution in [0.4, 0.5) is 14.5 Å². The van der Waals surface area contributed by atoms with Gasteiger partial charge in [-0.3, -0.25) is 19.2 Å². The Kier molecular flexibility index (Phi) is 11.8. The molecule has 1 aliphatic rings. The lowest BCUT2D eigenvalue weighted by Crippen LogP contribution is -2.57. The zero-order valence-corrected chi connectivity index (χ0v) is 27.6. The fourth-order valence-electron chi connectivity index (χ4n) is 5.26. The van der Waals surface area contributed by atoms with Crippen molar-refractivity contribution in [3.8, 4) is 11.8 Å². The van der Waals surface area contributed by atoms with Crippen LogP contribution in [0.25, 0.3) is 0 Å². The molecule has 3 atom stereocenters. The van der Waals surface area contributed by atoms with Crippen molar-refractivity contribution < 1.29 is 42.6 Å². The van der Waals surface area contributed by atoms with Crippen LogP contribution in [-0.4, -0.2) is 64.8 Å². The first-order chi connectivity index (χ1) is 24.5. The Morgan fingerprint density at radius 1 is 0.882 bits per heavy atom. The van der Waals surface area contributed by atoms with Gasteiger partial charge in [-0.2, -0.15) is 5.26 Å². The number of aliphatic carboxylic acids is 1. The minimum absolute atomic E-state index is 0.0237. The Morgan fingerprint density at radius 2 is 1.51 bits per heavy atom. The number of hydrogen-bond acceptors (Lipinski definition) is 8. The van der Waals surface area contributed by atoms with E-state index in [9.17, 15) is 37.9 Å². The van der Waals surface area contributed by atoms with E-state index in [1.165, 1.54) is 53.4 Å². The van der Waals surface area contributed by atoms with Crippen LogP contribution in [0.1, 0.15) is 33.1 Å². The number of thioether (sulfide) groups is 1. The maximum absolute atomic E-state index is 13.6. The standard InChI is InChI=1S/C37H30F2N4O7S/c38-26-9-5-24(6-10-26)31(44)21-51-35-34(43(36(35)47)28-13-11-27(39)12-14-28)25-7-15-29(16-8-25)50-20-33(46)41-19-32(45)42-30(37(48)49)17-22-1-3-23(18-40)4-2-22/h1-16,30,34-35H,17,19-21H2,(H,41,46)(H,42,45)(H,48,49)/t30-,34?,35?/m1/s1. The molecule has 51 heavy (non-hydrogen) atoms. The largest absolute Gasteiger partial charge is 0.484 e. The smallest absolute Gasteiger partial charge is 0.326 e. The van der Waals surface area contributed by atoms with Gasteiger partial charge in [-0.25, -0.2) is 13.6 Å². The number of nitriles is 1. The molecule has 1 fully saturated rings. The minimum atomic E-state index is -1.26. The first kappa shape index (κ1) is 36.2. The van der Waals surface area contributed by atoms with E-state index in [-0.39, 0.29) is 23.9 Å². The number of Topliss-reactive ketones (excluding diaryl/α,β-unsaturated/α-hetero) is 1. The number of carbonyl (C=O) groups excluding carboxylic acids is 4. The number of carboxylic acids is 1. The molecule has 0 saturated carbocycles. The molecule has 0 bridgehead atoms. The zero-order valence-electron chi connectivity index (χ0n) is 26.8. The minimum Gasteiger partial charge on any atom is -0.484 e. The quantitative estimate of drug-likeness (QED) is 0.121. The number of halogens is 2. The molecule has 11 nitrogen and oxygen atoms in total. The number of benzene rings is 4. The number of ether oxygens (including phenoxy) is 1. The fourth-order valence-corrected chi connectivity index (χ4v) is 6.47. The third kappa shape index (κ3) is 9.34. The van der Waals surface area contributed by atoms with Crippen molar-refractivity contribution in [2.24, 2.45) is 0 Å². The van der Waals surface area contributed by atoms with E-state index in [0.717, 1.165) is 11.8 Å². The highest BCUT2D eigenvalue weighted by Gasteiger charge is 2.49. The average molecular weight is 713 g/mol. The number of hydrogen-bond donors (Lipinski definition) is 3. The molecule has 1 saturated heterocycles. The predicted molar refractivity (Wildman–Crippen MR) is 183 cm³/mol. The number of carboxylic acid groups (broad SMARTS) is 1. The van der Waals surface area contributed by atoms with Gasteiger partial charge in [0.15, 0.2) is 12.4 Å². The summed E-state index contributed by atoms with van der Waals surface area (Å²) in [6, 6.07) is 23.6. The molecule has 1 aliphatic heterocycles. The van der Waals surface area contributed by atoms with Gasteiger partial charge in [0, 0.05) is 17.7 Å². The van der Waals surface area contributed by atoms with Crippen LogP contribution in [-0.2, 0) is 25.6 Å². The van der Waals surface area contributed by atoms with Crippen molar-refractivity contribution in [3.63, 3.8) is 0 Å². The van der Waals surface area contributed by atoms with E-state index < -0.39 is 59.9 Å². The van der Waals surface area contributed by atoms with E-state index in [0.29, 0.717) is 33.7 Å². The number of nitrogens with zero attached hydrogens (tertiary/aromatic N) is 2. The summed E-state index contributed by atoms with van der Waals surface area (Å²) >= 11 is 1.15. The maximum Gasteiger partial charge on any atom is 0.326 e. The van der Waals surface area contributed by atoms with E-state index in [4.69, 9.17) is 10.00 Å². The van der Waals surface area contributed by atoms with Gasteiger partial charge in [0.25, 0.3) is 5.91 Å². The number of amides is 3. The highest BCUT2D eigenvalue weighted by molar-refractivity contribution is 8.01. The molecule has 14 heteroatoms. The lowest BCUT2D eigenvalue weighted by atomic mass is 9.92.